The van der Waals surface area contributed by atoms with Gasteiger partial charge in [-0.1, -0.05) is 13.8 Å². The van der Waals surface area contributed by atoms with Crippen LogP contribution in [0.1, 0.15) is 20.8 Å². The Kier molecular flexibility index (Phi) is 18.2. The van der Waals surface area contributed by atoms with E-state index in [1.54, 1.807) is 12.4 Å². The molecule has 0 amide bonds. The van der Waals surface area contributed by atoms with E-state index in [0.29, 0.717) is 0 Å². The minimum absolute atomic E-state index is 0.750. The molecule has 0 spiro atoms. The first-order chi connectivity index (χ1) is 4.91. The highest BCUT2D eigenvalue weighted by molar-refractivity contribution is 5.44. The van der Waals surface area contributed by atoms with Gasteiger partial charge < -0.3 is 4.79 Å². The van der Waals surface area contributed by atoms with Crippen LogP contribution < -0.4 is 0 Å². The predicted molar refractivity (Wildman–Crippen MR) is 41.7 cm³/mol. The molecule has 0 aliphatic carbocycles. The molecule has 58 valence electrons. The second-order valence-electron chi connectivity index (χ2n) is 1.00. The lowest BCUT2D eigenvalue weighted by atomic mass is 10.8. The van der Waals surface area contributed by atoms with Crippen molar-refractivity contribution in [3.05, 3.63) is 18.5 Å². The molecule has 1 heterocycles. The normalized spacial score (nSPS) is 5.90. The van der Waals surface area contributed by atoms with Gasteiger partial charge in [-0.3, -0.25) is 5.10 Å². The largest absolute Gasteiger partial charge is 0.304 e. The van der Waals surface area contributed by atoms with Gasteiger partial charge >= 0.3 is 0 Å². The molecule has 0 bridgehead atoms. The Labute approximate surface area is 61.5 Å². The molecule has 1 N–H and O–H groups in total. The molecule has 1 aromatic heterocycles. The molecular formula is C7H14N2O. The number of carbonyl (C=O) groups excluding carboxylic acids is 1. The fraction of sp³-hybridized carbons (Fsp3) is 0.429. The van der Waals surface area contributed by atoms with Gasteiger partial charge in [0.15, 0.2) is 0 Å². The highest BCUT2D eigenvalue weighted by atomic mass is 16.1. The van der Waals surface area contributed by atoms with Crippen molar-refractivity contribution >= 4 is 6.29 Å². The third-order valence-corrected chi connectivity index (χ3v) is 0.406. The molecule has 0 fully saturated rings. The molecule has 10 heavy (non-hydrogen) atoms. The van der Waals surface area contributed by atoms with Gasteiger partial charge in [0.25, 0.3) is 0 Å². The molecule has 3 nitrogen and oxygen atoms in total. The number of hydrogen-bond donors (Lipinski definition) is 1. The van der Waals surface area contributed by atoms with Crippen molar-refractivity contribution in [2.45, 2.75) is 20.8 Å². The van der Waals surface area contributed by atoms with E-state index in [1.165, 1.54) is 6.92 Å². The molecule has 0 unspecified atom stereocenters. The first kappa shape index (κ1) is 11.6. The number of nitrogens with one attached hydrogen (secondary N) is 1. The lowest BCUT2D eigenvalue weighted by Gasteiger charge is -1.49. The first-order valence-corrected chi connectivity index (χ1v) is 3.25. The Morgan fingerprint density at radius 2 is 2.00 bits per heavy atom. The van der Waals surface area contributed by atoms with Crippen LogP contribution in [0.2, 0.25) is 0 Å². The van der Waals surface area contributed by atoms with Gasteiger partial charge in [0.2, 0.25) is 0 Å². The maximum Gasteiger partial charge on any atom is 0.116 e. The lowest BCUT2D eigenvalue weighted by molar-refractivity contribution is -0.106. The Hall–Kier alpha value is -1.12. The van der Waals surface area contributed by atoms with Crippen LogP contribution in [0.4, 0.5) is 0 Å². The van der Waals surface area contributed by atoms with Crippen LogP contribution in [-0.4, -0.2) is 16.5 Å². The number of nitrogens with zero attached hydrogens (tertiary/aromatic N) is 1. The predicted octanol–water partition coefficient (Wildman–Crippen LogP) is 1.64. The van der Waals surface area contributed by atoms with Gasteiger partial charge in [-0.2, -0.15) is 5.10 Å². The number of aromatic amines is 1. The summed E-state index contributed by atoms with van der Waals surface area (Å²) in [7, 11) is 0. The standard InChI is InChI=1S/C3H4N2.C2H4O.C2H6/c1-2-4-5-3-1;1-2-3;1-2/h1-3H,(H,4,5);2H,1H3;1-2H3. The Morgan fingerprint density at radius 3 is 2.10 bits per heavy atom. The quantitative estimate of drug-likeness (QED) is 0.560. The van der Waals surface area contributed by atoms with E-state index in [4.69, 9.17) is 4.79 Å². The summed E-state index contributed by atoms with van der Waals surface area (Å²) in [6, 6.07) is 1.83. The molecule has 0 atom stereocenters. The Bertz CT molecular complexity index is 97.9. The summed E-state index contributed by atoms with van der Waals surface area (Å²) in [4.78, 5) is 8.81. The van der Waals surface area contributed by atoms with Gasteiger partial charge in [-0.15, -0.1) is 0 Å². The SMILES string of the molecule is CC.CC=O.c1cn[nH]c1. The second kappa shape index (κ2) is 15.7. The molecule has 0 radical (unpaired) electrons. The van der Waals surface area contributed by atoms with Crippen molar-refractivity contribution < 1.29 is 4.79 Å². The van der Waals surface area contributed by atoms with E-state index in [9.17, 15) is 0 Å². The van der Waals surface area contributed by atoms with E-state index in [-0.39, 0.29) is 0 Å². The maximum atomic E-state index is 8.81. The van der Waals surface area contributed by atoms with Gasteiger partial charge in [-0.25, -0.2) is 0 Å². The van der Waals surface area contributed by atoms with Crippen LogP contribution in [-0.2, 0) is 4.79 Å². The zero-order valence-corrected chi connectivity index (χ0v) is 6.66. The van der Waals surface area contributed by atoms with Crippen molar-refractivity contribution in [3.8, 4) is 0 Å². The minimum atomic E-state index is 0.750. The third-order valence-electron chi connectivity index (χ3n) is 0.406. The van der Waals surface area contributed by atoms with Crippen LogP contribution >= 0.6 is 0 Å². The second-order valence-corrected chi connectivity index (χ2v) is 1.00. The van der Waals surface area contributed by atoms with Crippen molar-refractivity contribution in [2.75, 3.05) is 0 Å². The zero-order valence-electron chi connectivity index (χ0n) is 6.66. The molecule has 3 heteroatoms. The molecule has 0 aromatic carbocycles. The fourth-order valence-corrected chi connectivity index (χ4v) is 0.215. The summed E-state index contributed by atoms with van der Waals surface area (Å²) in [5.41, 5.74) is 0. The van der Waals surface area contributed by atoms with Crippen molar-refractivity contribution in [1.82, 2.24) is 10.2 Å². The van der Waals surface area contributed by atoms with Crippen LogP contribution in [0, 0.1) is 0 Å². The maximum absolute atomic E-state index is 8.81. The Morgan fingerprint density at radius 1 is 1.50 bits per heavy atom. The van der Waals surface area contributed by atoms with E-state index in [1.807, 2.05) is 19.9 Å². The van der Waals surface area contributed by atoms with Crippen LogP contribution in [0.3, 0.4) is 0 Å². The molecule has 1 aromatic rings. The summed E-state index contributed by atoms with van der Waals surface area (Å²) in [6.07, 6.45) is 4.21. The zero-order chi connectivity index (χ0) is 8.24. The average molecular weight is 142 g/mol. The van der Waals surface area contributed by atoms with Gasteiger partial charge in [0.1, 0.15) is 6.29 Å². The van der Waals surface area contributed by atoms with E-state index < -0.39 is 0 Å². The highest BCUT2D eigenvalue weighted by Crippen LogP contribution is 1.64. The molecule has 0 saturated heterocycles. The molecule has 1 rings (SSSR count). The number of aldehydes is 1. The van der Waals surface area contributed by atoms with Crippen LogP contribution in [0.25, 0.3) is 0 Å². The van der Waals surface area contributed by atoms with Crippen LogP contribution in [0.5, 0.6) is 0 Å². The summed E-state index contributed by atoms with van der Waals surface area (Å²) < 4.78 is 0. The molecule has 0 saturated carbocycles. The number of rotatable bonds is 0. The summed E-state index contributed by atoms with van der Waals surface area (Å²) in [6.45, 7) is 5.44. The molecule has 0 aliphatic heterocycles. The topological polar surface area (TPSA) is 45.8 Å². The number of H-pyrrole nitrogens is 1. The molecule has 0 aliphatic rings. The van der Waals surface area contributed by atoms with Crippen molar-refractivity contribution in [3.63, 3.8) is 0 Å². The number of aromatic nitrogens is 2. The first-order valence-electron chi connectivity index (χ1n) is 3.25. The van der Waals surface area contributed by atoms with Gasteiger partial charge in [0.05, 0.1) is 0 Å². The van der Waals surface area contributed by atoms with E-state index in [2.05, 4.69) is 10.2 Å². The van der Waals surface area contributed by atoms with E-state index >= 15 is 0 Å². The van der Waals surface area contributed by atoms with E-state index in [0.717, 1.165) is 6.29 Å². The van der Waals surface area contributed by atoms with Crippen molar-refractivity contribution in [1.29, 1.82) is 0 Å². The summed E-state index contributed by atoms with van der Waals surface area (Å²) in [5, 5.41) is 6.21. The van der Waals surface area contributed by atoms with Crippen LogP contribution in [0.15, 0.2) is 18.5 Å². The number of hydrogen-bond acceptors (Lipinski definition) is 2. The fourth-order valence-electron chi connectivity index (χ4n) is 0.215. The monoisotopic (exact) mass is 142 g/mol. The lowest BCUT2D eigenvalue weighted by Crippen LogP contribution is -1.53. The average Bonchev–Trinajstić information content (AvgIpc) is 2.48. The minimum Gasteiger partial charge on any atom is -0.304 e. The summed E-state index contributed by atoms with van der Waals surface area (Å²) >= 11 is 0. The summed E-state index contributed by atoms with van der Waals surface area (Å²) in [5.74, 6) is 0. The Balaban J connectivity index is 0. The number of carbonyl (C=O) groups is 1. The highest BCUT2D eigenvalue weighted by Gasteiger charge is 1.56. The molecular weight excluding hydrogens is 128 g/mol. The van der Waals surface area contributed by atoms with Gasteiger partial charge in [-0.05, 0) is 13.0 Å². The third kappa shape index (κ3) is 15.8. The van der Waals surface area contributed by atoms with Gasteiger partial charge in [0, 0.05) is 12.4 Å². The smallest absolute Gasteiger partial charge is 0.116 e. The van der Waals surface area contributed by atoms with Crippen molar-refractivity contribution in [2.24, 2.45) is 0 Å².